The van der Waals surface area contributed by atoms with Crippen LogP contribution >= 0.6 is 0 Å². The molecule has 1 heterocycles. The number of nitrogens with one attached hydrogen (secondary N) is 2. The molecule has 2 rings (SSSR count). The molecule has 1 saturated heterocycles. The molecule has 4 N–H and O–H groups in total. The summed E-state index contributed by atoms with van der Waals surface area (Å²) in [5.74, 6) is -1.15. The minimum atomic E-state index is -1.14. The average Bonchev–Trinajstić information content (AvgIpc) is 2.84. The summed E-state index contributed by atoms with van der Waals surface area (Å²) >= 11 is 0. The summed E-state index contributed by atoms with van der Waals surface area (Å²) in [6.07, 6.45) is 1.02. The molecule has 0 radical (unpaired) electrons. The molecule has 1 aromatic rings. The summed E-state index contributed by atoms with van der Waals surface area (Å²) in [5.41, 5.74) is 0.114. The van der Waals surface area contributed by atoms with E-state index in [1.54, 1.807) is 0 Å². The number of aromatic hydroxyl groups is 1. The van der Waals surface area contributed by atoms with Gasteiger partial charge in [-0.25, -0.2) is 9.59 Å². The van der Waals surface area contributed by atoms with Crippen molar-refractivity contribution in [1.82, 2.24) is 5.32 Å². The predicted octanol–water partition coefficient (Wildman–Crippen LogP) is 1.64. The second kappa shape index (κ2) is 6.45. The van der Waals surface area contributed by atoms with Gasteiger partial charge in [-0.1, -0.05) is 0 Å². The van der Waals surface area contributed by atoms with Gasteiger partial charge in [0.05, 0.1) is 17.4 Å². The van der Waals surface area contributed by atoms with Crippen LogP contribution in [0.25, 0.3) is 0 Å². The highest BCUT2D eigenvalue weighted by atomic mass is 16.5. The zero-order chi connectivity index (χ0) is 15.4. The van der Waals surface area contributed by atoms with Crippen molar-refractivity contribution in [2.75, 3.05) is 18.5 Å². The fraction of sp³-hybridized carbons (Fsp3) is 0.429. The van der Waals surface area contributed by atoms with Crippen LogP contribution in [0.2, 0.25) is 0 Å². The van der Waals surface area contributed by atoms with Gasteiger partial charge in [0, 0.05) is 19.1 Å². The second-order valence-electron chi connectivity index (χ2n) is 5.00. The first kappa shape index (κ1) is 15.1. The first-order chi connectivity index (χ1) is 9.97. The number of urea groups is 1. The van der Waals surface area contributed by atoms with Gasteiger partial charge in [0.25, 0.3) is 0 Å². The van der Waals surface area contributed by atoms with Crippen LogP contribution in [0.1, 0.15) is 23.7 Å². The Hall–Kier alpha value is -2.28. The van der Waals surface area contributed by atoms with E-state index in [4.69, 9.17) is 9.84 Å². The van der Waals surface area contributed by atoms with Crippen LogP contribution in [0, 0.1) is 5.92 Å². The number of benzene rings is 1. The molecule has 7 nitrogen and oxygen atoms in total. The van der Waals surface area contributed by atoms with E-state index in [-0.39, 0.29) is 29.0 Å². The lowest BCUT2D eigenvalue weighted by Gasteiger charge is -2.15. The maximum Gasteiger partial charge on any atom is 0.335 e. The average molecular weight is 294 g/mol. The summed E-state index contributed by atoms with van der Waals surface area (Å²) < 4.78 is 5.40. The predicted molar refractivity (Wildman–Crippen MR) is 75.6 cm³/mol. The van der Waals surface area contributed by atoms with E-state index in [9.17, 15) is 14.7 Å². The second-order valence-corrected chi connectivity index (χ2v) is 5.00. The van der Waals surface area contributed by atoms with Gasteiger partial charge in [-0.2, -0.15) is 0 Å². The molecule has 0 bridgehead atoms. The number of carboxylic acid groups (broad SMARTS) is 1. The van der Waals surface area contributed by atoms with Crippen LogP contribution in [0.3, 0.4) is 0 Å². The Balaban J connectivity index is 1.89. The Morgan fingerprint density at radius 3 is 2.76 bits per heavy atom. The molecule has 1 aliphatic rings. The Kier molecular flexibility index (Phi) is 4.64. The van der Waals surface area contributed by atoms with E-state index in [1.807, 2.05) is 6.92 Å². The highest BCUT2D eigenvalue weighted by molar-refractivity contribution is 5.93. The van der Waals surface area contributed by atoms with E-state index >= 15 is 0 Å². The zero-order valence-electron chi connectivity index (χ0n) is 11.6. The van der Waals surface area contributed by atoms with Crippen molar-refractivity contribution in [3.63, 3.8) is 0 Å². The molecule has 0 spiro atoms. The number of rotatable bonds is 4. The maximum atomic E-state index is 11.8. The number of amides is 2. The minimum Gasteiger partial charge on any atom is -0.506 e. The molecule has 2 unspecified atom stereocenters. The van der Waals surface area contributed by atoms with Gasteiger partial charge in [-0.05, 0) is 31.5 Å². The number of hydrogen-bond acceptors (Lipinski definition) is 4. The highest BCUT2D eigenvalue weighted by Crippen LogP contribution is 2.24. The molecule has 1 aliphatic heterocycles. The van der Waals surface area contributed by atoms with Crippen LogP contribution in [-0.2, 0) is 4.74 Å². The van der Waals surface area contributed by atoms with Gasteiger partial charge in [0.15, 0.2) is 0 Å². The number of anilines is 1. The minimum absolute atomic E-state index is 0.0459. The van der Waals surface area contributed by atoms with E-state index in [0.717, 1.165) is 12.5 Å². The van der Waals surface area contributed by atoms with Gasteiger partial charge in [-0.3, -0.25) is 0 Å². The number of phenolic OH excluding ortho intramolecular Hbond substituents is 1. The van der Waals surface area contributed by atoms with Crippen molar-refractivity contribution in [2.24, 2.45) is 5.92 Å². The summed E-state index contributed by atoms with van der Waals surface area (Å²) in [4.78, 5) is 22.5. The van der Waals surface area contributed by atoms with Crippen LogP contribution in [-0.4, -0.2) is 41.5 Å². The van der Waals surface area contributed by atoms with Gasteiger partial charge in [-0.15, -0.1) is 0 Å². The largest absolute Gasteiger partial charge is 0.506 e. The quantitative estimate of drug-likeness (QED) is 0.631. The Morgan fingerprint density at radius 2 is 2.19 bits per heavy atom. The van der Waals surface area contributed by atoms with Crippen LogP contribution in [0.15, 0.2) is 18.2 Å². The Morgan fingerprint density at radius 1 is 1.43 bits per heavy atom. The van der Waals surface area contributed by atoms with Gasteiger partial charge in [0.2, 0.25) is 0 Å². The van der Waals surface area contributed by atoms with E-state index in [2.05, 4.69) is 10.6 Å². The number of ether oxygens (including phenoxy) is 1. The molecular formula is C14H18N2O5. The summed E-state index contributed by atoms with van der Waals surface area (Å²) in [7, 11) is 0. The SMILES string of the molecule is CC1OCCC1CNC(=O)Nc1ccc(C(=O)O)cc1O. The van der Waals surface area contributed by atoms with Gasteiger partial charge >= 0.3 is 12.0 Å². The van der Waals surface area contributed by atoms with E-state index < -0.39 is 12.0 Å². The fourth-order valence-electron chi connectivity index (χ4n) is 2.20. The van der Waals surface area contributed by atoms with Gasteiger partial charge in [0.1, 0.15) is 5.75 Å². The van der Waals surface area contributed by atoms with Crippen molar-refractivity contribution in [2.45, 2.75) is 19.4 Å². The first-order valence-corrected chi connectivity index (χ1v) is 6.70. The number of carbonyl (C=O) groups excluding carboxylic acids is 1. The molecule has 1 fully saturated rings. The lowest BCUT2D eigenvalue weighted by atomic mass is 10.0. The highest BCUT2D eigenvalue weighted by Gasteiger charge is 2.24. The lowest BCUT2D eigenvalue weighted by molar-refractivity contribution is 0.0696. The van der Waals surface area contributed by atoms with Crippen molar-refractivity contribution in [3.8, 4) is 5.75 Å². The van der Waals surface area contributed by atoms with Crippen LogP contribution < -0.4 is 10.6 Å². The number of phenols is 1. The lowest BCUT2D eigenvalue weighted by Crippen LogP contribution is -2.35. The fourth-order valence-corrected chi connectivity index (χ4v) is 2.20. The van der Waals surface area contributed by atoms with Crippen LogP contribution in [0.4, 0.5) is 10.5 Å². The third kappa shape index (κ3) is 3.85. The molecule has 0 aromatic heterocycles. The normalized spacial score (nSPS) is 21.0. The zero-order valence-corrected chi connectivity index (χ0v) is 11.6. The molecule has 21 heavy (non-hydrogen) atoms. The molecule has 2 atom stereocenters. The van der Waals surface area contributed by atoms with Gasteiger partial charge < -0.3 is 25.6 Å². The van der Waals surface area contributed by atoms with Crippen molar-refractivity contribution < 1.29 is 24.5 Å². The number of aromatic carboxylic acids is 1. The van der Waals surface area contributed by atoms with E-state index in [1.165, 1.54) is 12.1 Å². The Labute approximate surface area is 121 Å². The molecular weight excluding hydrogens is 276 g/mol. The third-order valence-electron chi connectivity index (χ3n) is 3.55. The summed E-state index contributed by atoms with van der Waals surface area (Å²) in [6.45, 7) is 3.15. The molecule has 114 valence electrons. The molecule has 0 saturated carbocycles. The summed E-state index contributed by atoms with van der Waals surface area (Å²) in [6, 6.07) is 3.29. The summed E-state index contributed by atoms with van der Waals surface area (Å²) in [5, 5.41) is 23.7. The van der Waals surface area contributed by atoms with Crippen LogP contribution in [0.5, 0.6) is 5.75 Å². The number of hydrogen-bond donors (Lipinski definition) is 4. The monoisotopic (exact) mass is 294 g/mol. The Bertz CT molecular complexity index is 546. The molecule has 2 amide bonds. The van der Waals surface area contributed by atoms with Crippen molar-refractivity contribution in [1.29, 1.82) is 0 Å². The molecule has 7 heteroatoms. The van der Waals surface area contributed by atoms with Crippen molar-refractivity contribution >= 4 is 17.7 Å². The number of carboxylic acids is 1. The van der Waals surface area contributed by atoms with E-state index in [0.29, 0.717) is 13.2 Å². The standard InChI is InChI=1S/C14H18N2O5/c1-8-10(4-5-21-8)7-15-14(20)16-11-3-2-9(13(18)19)6-12(11)17/h2-3,6,8,10,17H,4-5,7H2,1H3,(H,18,19)(H2,15,16,20). The smallest absolute Gasteiger partial charge is 0.335 e. The maximum absolute atomic E-state index is 11.8. The third-order valence-corrected chi connectivity index (χ3v) is 3.55. The topological polar surface area (TPSA) is 108 Å². The van der Waals surface area contributed by atoms with Crippen molar-refractivity contribution in [3.05, 3.63) is 23.8 Å². The first-order valence-electron chi connectivity index (χ1n) is 6.70. The molecule has 0 aliphatic carbocycles. The number of carbonyl (C=O) groups is 2. The molecule has 1 aromatic carbocycles.